The van der Waals surface area contributed by atoms with E-state index < -0.39 is 5.41 Å². The number of piperidine rings is 1. The number of amides is 2. The minimum absolute atomic E-state index is 0.150. The molecule has 1 aliphatic carbocycles. The summed E-state index contributed by atoms with van der Waals surface area (Å²) in [5.74, 6) is 1.18. The van der Waals surface area contributed by atoms with E-state index in [0.717, 1.165) is 32.1 Å². The van der Waals surface area contributed by atoms with Crippen molar-refractivity contribution in [2.75, 3.05) is 19.6 Å². The zero-order valence-corrected chi connectivity index (χ0v) is 18.8. The molecule has 1 aliphatic heterocycles. The lowest BCUT2D eigenvalue weighted by molar-refractivity contribution is -0.141. The normalized spacial score (nSPS) is 22.5. The topological polar surface area (TPSA) is 49.4 Å². The molecule has 2 amide bonds. The van der Waals surface area contributed by atoms with E-state index in [1.807, 2.05) is 4.90 Å². The number of hydrogen-bond acceptors (Lipinski definition) is 3. The molecule has 5 heteroatoms. The van der Waals surface area contributed by atoms with Crippen LogP contribution in [0, 0.1) is 17.3 Å². The SMILES string of the molecule is CCCNC(=O)C1(Cc2ccccc2-c2cccs2)CCN(C(=O)[C@H]2C[C@H]2C)CC1. The summed E-state index contributed by atoms with van der Waals surface area (Å²) in [6, 6.07) is 12.7. The van der Waals surface area contributed by atoms with E-state index in [1.165, 1.54) is 16.0 Å². The standard InChI is InChI=1S/C25H32N2O2S/c1-3-12-26-24(29)25(10-13-27(14-11-25)23(28)21-16-18(21)2)17-19-7-4-5-8-20(19)22-9-6-15-30-22/h4-9,15,18,21H,3,10-14,16-17H2,1-2H3,(H,26,29)/t18-,21+/m1/s1. The molecule has 0 radical (unpaired) electrons. The predicted molar refractivity (Wildman–Crippen MR) is 122 cm³/mol. The maximum atomic E-state index is 13.3. The Kier molecular flexibility index (Phi) is 6.28. The van der Waals surface area contributed by atoms with E-state index in [4.69, 9.17) is 0 Å². The number of hydrogen-bond donors (Lipinski definition) is 1. The number of rotatable bonds is 7. The van der Waals surface area contributed by atoms with E-state index in [1.54, 1.807) is 11.3 Å². The Labute approximate surface area is 183 Å². The summed E-state index contributed by atoms with van der Waals surface area (Å²) in [4.78, 5) is 29.3. The van der Waals surface area contributed by atoms with Gasteiger partial charge in [0.2, 0.25) is 11.8 Å². The summed E-state index contributed by atoms with van der Waals surface area (Å²) < 4.78 is 0. The number of carbonyl (C=O) groups excluding carboxylic acids is 2. The first-order valence-corrected chi connectivity index (χ1v) is 12.1. The van der Waals surface area contributed by atoms with Crippen molar-refractivity contribution in [3.8, 4) is 10.4 Å². The van der Waals surface area contributed by atoms with Crippen LogP contribution in [0.4, 0.5) is 0 Å². The van der Waals surface area contributed by atoms with Gasteiger partial charge in [0.15, 0.2) is 0 Å². The Balaban J connectivity index is 1.56. The summed E-state index contributed by atoms with van der Waals surface area (Å²) in [6.07, 6.45) is 4.13. The van der Waals surface area contributed by atoms with Crippen LogP contribution in [0.3, 0.4) is 0 Å². The molecule has 1 saturated carbocycles. The van der Waals surface area contributed by atoms with Gasteiger partial charge in [0.25, 0.3) is 0 Å². The molecule has 4 nitrogen and oxygen atoms in total. The van der Waals surface area contributed by atoms with Gasteiger partial charge in [-0.25, -0.2) is 0 Å². The van der Waals surface area contributed by atoms with Gasteiger partial charge in [-0.1, -0.05) is 44.2 Å². The Morgan fingerprint density at radius 3 is 2.53 bits per heavy atom. The molecule has 2 aromatic rings. The third-order valence-corrected chi connectivity index (χ3v) is 7.71. The lowest BCUT2D eigenvalue weighted by Gasteiger charge is -2.41. The minimum Gasteiger partial charge on any atom is -0.356 e. The van der Waals surface area contributed by atoms with E-state index in [9.17, 15) is 9.59 Å². The highest BCUT2D eigenvalue weighted by molar-refractivity contribution is 7.13. The molecule has 160 valence electrons. The Bertz CT molecular complexity index is 884. The Morgan fingerprint density at radius 1 is 1.17 bits per heavy atom. The van der Waals surface area contributed by atoms with Gasteiger partial charge in [-0.3, -0.25) is 9.59 Å². The van der Waals surface area contributed by atoms with Gasteiger partial charge in [0.05, 0.1) is 5.41 Å². The van der Waals surface area contributed by atoms with Gasteiger partial charge >= 0.3 is 0 Å². The largest absolute Gasteiger partial charge is 0.356 e. The van der Waals surface area contributed by atoms with E-state index in [0.29, 0.717) is 31.5 Å². The molecule has 1 aromatic heterocycles. The van der Waals surface area contributed by atoms with Crippen LogP contribution in [0.5, 0.6) is 0 Å². The van der Waals surface area contributed by atoms with Crippen molar-refractivity contribution >= 4 is 23.2 Å². The summed E-state index contributed by atoms with van der Waals surface area (Å²) >= 11 is 1.73. The van der Waals surface area contributed by atoms with Gasteiger partial charge in [-0.15, -0.1) is 11.3 Å². The Morgan fingerprint density at radius 2 is 1.90 bits per heavy atom. The van der Waals surface area contributed by atoms with Crippen LogP contribution in [0.2, 0.25) is 0 Å². The molecule has 4 rings (SSSR count). The van der Waals surface area contributed by atoms with Gasteiger partial charge in [-0.2, -0.15) is 0 Å². The van der Waals surface area contributed by atoms with Gasteiger partial charge in [0, 0.05) is 30.4 Å². The van der Waals surface area contributed by atoms with Gasteiger partial charge in [0.1, 0.15) is 0 Å². The molecule has 2 fully saturated rings. The first kappa shape index (κ1) is 21.1. The number of nitrogens with zero attached hydrogens (tertiary/aromatic N) is 1. The molecule has 30 heavy (non-hydrogen) atoms. The van der Waals surface area contributed by atoms with Crippen molar-refractivity contribution in [2.45, 2.75) is 46.0 Å². The van der Waals surface area contributed by atoms with Crippen molar-refractivity contribution in [3.63, 3.8) is 0 Å². The first-order chi connectivity index (χ1) is 14.5. The number of thiophene rings is 1. The van der Waals surface area contributed by atoms with Crippen LogP contribution in [0.15, 0.2) is 41.8 Å². The monoisotopic (exact) mass is 424 g/mol. The second-order valence-corrected chi connectivity index (χ2v) is 9.94. The molecule has 0 unspecified atom stereocenters. The van der Waals surface area contributed by atoms with Crippen LogP contribution in [0.1, 0.15) is 45.1 Å². The van der Waals surface area contributed by atoms with Crippen molar-refractivity contribution < 1.29 is 9.59 Å². The molecule has 0 bridgehead atoms. The summed E-state index contributed by atoms with van der Waals surface area (Å²) in [6.45, 7) is 6.30. The van der Waals surface area contributed by atoms with Crippen LogP contribution >= 0.6 is 11.3 Å². The predicted octanol–water partition coefficient (Wildman–Crippen LogP) is 4.75. The third-order valence-electron chi connectivity index (χ3n) is 6.81. The molecule has 2 aliphatic rings. The number of nitrogens with one attached hydrogen (secondary N) is 1. The summed E-state index contributed by atoms with van der Waals surface area (Å²) in [5.41, 5.74) is 2.00. The number of likely N-dealkylation sites (tertiary alicyclic amines) is 1. The first-order valence-electron chi connectivity index (χ1n) is 11.2. The average Bonchev–Trinajstić information content (AvgIpc) is 3.25. The van der Waals surface area contributed by atoms with Gasteiger partial charge in [-0.05, 0) is 60.6 Å². The third kappa shape index (κ3) is 4.31. The summed E-state index contributed by atoms with van der Waals surface area (Å²) in [5, 5.41) is 5.26. The minimum atomic E-state index is -0.450. The van der Waals surface area contributed by atoms with Crippen LogP contribution in [-0.4, -0.2) is 36.3 Å². The van der Waals surface area contributed by atoms with Crippen molar-refractivity contribution in [3.05, 3.63) is 47.3 Å². The van der Waals surface area contributed by atoms with Crippen LogP contribution in [0.25, 0.3) is 10.4 Å². The maximum Gasteiger partial charge on any atom is 0.226 e. The molecule has 0 spiro atoms. The molecular formula is C25H32N2O2S. The quantitative estimate of drug-likeness (QED) is 0.697. The molecule has 2 atom stereocenters. The molecule has 1 N–H and O–H groups in total. The van der Waals surface area contributed by atoms with Crippen LogP contribution in [-0.2, 0) is 16.0 Å². The van der Waals surface area contributed by atoms with Crippen molar-refractivity contribution in [1.82, 2.24) is 10.2 Å². The zero-order chi connectivity index (χ0) is 21.1. The number of benzene rings is 1. The fourth-order valence-corrected chi connectivity index (χ4v) is 5.46. The summed E-state index contributed by atoms with van der Waals surface area (Å²) in [7, 11) is 0. The Hall–Kier alpha value is -2.14. The maximum absolute atomic E-state index is 13.3. The molecular weight excluding hydrogens is 392 g/mol. The highest BCUT2D eigenvalue weighted by Gasteiger charge is 2.46. The second kappa shape index (κ2) is 8.93. The van der Waals surface area contributed by atoms with Gasteiger partial charge < -0.3 is 10.2 Å². The highest BCUT2D eigenvalue weighted by atomic mass is 32.1. The highest BCUT2D eigenvalue weighted by Crippen LogP contribution is 2.43. The average molecular weight is 425 g/mol. The van der Waals surface area contributed by atoms with E-state index in [2.05, 4.69) is 60.9 Å². The molecule has 1 saturated heterocycles. The number of carbonyl (C=O) groups is 2. The van der Waals surface area contributed by atoms with E-state index >= 15 is 0 Å². The van der Waals surface area contributed by atoms with Crippen molar-refractivity contribution in [1.29, 1.82) is 0 Å². The second-order valence-electron chi connectivity index (χ2n) is 8.99. The molecule has 2 heterocycles. The van der Waals surface area contributed by atoms with Crippen LogP contribution < -0.4 is 5.32 Å². The molecule has 1 aromatic carbocycles. The zero-order valence-electron chi connectivity index (χ0n) is 18.0. The van der Waals surface area contributed by atoms with Crippen molar-refractivity contribution in [2.24, 2.45) is 17.3 Å². The smallest absolute Gasteiger partial charge is 0.226 e. The van der Waals surface area contributed by atoms with E-state index in [-0.39, 0.29) is 11.8 Å². The lowest BCUT2D eigenvalue weighted by atomic mass is 9.72. The lowest BCUT2D eigenvalue weighted by Crippen LogP contribution is -2.51. The fourth-order valence-electron chi connectivity index (χ4n) is 4.68. The fraction of sp³-hybridized carbons (Fsp3) is 0.520.